The highest BCUT2D eigenvalue weighted by Crippen LogP contribution is 2.28. The largest absolute Gasteiger partial charge is 0.486 e. The number of likely N-dealkylation sites (N-methyl/N-ethyl adjacent to an activating group) is 1. The van der Waals surface area contributed by atoms with E-state index in [1.165, 1.54) is 4.90 Å². The summed E-state index contributed by atoms with van der Waals surface area (Å²) in [5.41, 5.74) is 1.21. The quantitative estimate of drug-likeness (QED) is 0.732. The highest BCUT2D eigenvalue weighted by atomic mass is 35.5. The number of carbonyl (C=O) groups excluding carboxylic acids is 2. The summed E-state index contributed by atoms with van der Waals surface area (Å²) in [6, 6.07) is 10.4. The van der Waals surface area contributed by atoms with Crippen molar-refractivity contribution in [1.82, 2.24) is 9.88 Å². The van der Waals surface area contributed by atoms with Crippen molar-refractivity contribution in [3.05, 3.63) is 53.3 Å². The molecule has 0 atom stereocenters. The molecule has 0 aliphatic rings. The fourth-order valence-corrected chi connectivity index (χ4v) is 2.48. The van der Waals surface area contributed by atoms with Crippen molar-refractivity contribution in [2.75, 3.05) is 18.9 Å². The molecule has 0 fully saturated rings. The molecule has 6 nitrogen and oxygen atoms in total. The van der Waals surface area contributed by atoms with Gasteiger partial charge in [0, 0.05) is 25.5 Å². The molecule has 0 aliphatic carbocycles. The van der Waals surface area contributed by atoms with Gasteiger partial charge in [-0.05, 0) is 42.7 Å². The second kappa shape index (κ2) is 9.92. The first-order valence-corrected chi connectivity index (χ1v) is 9.13. The Labute approximate surface area is 164 Å². The van der Waals surface area contributed by atoms with Crippen LogP contribution in [-0.2, 0) is 16.2 Å². The number of hydrogen-bond acceptors (Lipinski definition) is 4. The molecule has 7 heteroatoms. The van der Waals surface area contributed by atoms with Crippen LogP contribution in [-0.4, -0.2) is 35.3 Å². The summed E-state index contributed by atoms with van der Waals surface area (Å²) >= 11 is 6.21. The van der Waals surface area contributed by atoms with E-state index < -0.39 is 11.8 Å². The number of benzene rings is 1. The van der Waals surface area contributed by atoms with E-state index in [-0.39, 0.29) is 6.61 Å². The minimum atomic E-state index is -0.695. The summed E-state index contributed by atoms with van der Waals surface area (Å²) in [4.78, 5) is 29.8. The number of aromatic nitrogens is 1. The van der Waals surface area contributed by atoms with Crippen molar-refractivity contribution in [2.45, 2.75) is 26.9 Å². The van der Waals surface area contributed by atoms with E-state index in [1.807, 2.05) is 18.2 Å². The predicted molar refractivity (Wildman–Crippen MR) is 106 cm³/mol. The molecular weight excluding hydrogens is 366 g/mol. The second-order valence-electron chi connectivity index (χ2n) is 6.62. The first-order valence-electron chi connectivity index (χ1n) is 8.75. The van der Waals surface area contributed by atoms with E-state index in [9.17, 15) is 9.59 Å². The van der Waals surface area contributed by atoms with Crippen molar-refractivity contribution >= 4 is 29.1 Å². The molecule has 0 saturated heterocycles. The highest BCUT2D eigenvalue weighted by Gasteiger charge is 2.19. The number of nitrogens with zero attached hydrogens (tertiary/aromatic N) is 2. The lowest BCUT2D eigenvalue weighted by molar-refractivity contribution is -0.142. The van der Waals surface area contributed by atoms with Crippen LogP contribution in [0.3, 0.4) is 0 Å². The lowest BCUT2D eigenvalue weighted by Crippen LogP contribution is -2.37. The molecule has 0 radical (unpaired) electrons. The van der Waals surface area contributed by atoms with Crippen LogP contribution >= 0.6 is 11.6 Å². The zero-order valence-corrected chi connectivity index (χ0v) is 16.5. The summed E-state index contributed by atoms with van der Waals surface area (Å²) < 4.78 is 5.64. The summed E-state index contributed by atoms with van der Waals surface area (Å²) in [5, 5.41) is 2.91. The highest BCUT2D eigenvalue weighted by molar-refractivity contribution is 6.39. The lowest BCUT2D eigenvalue weighted by atomic mass is 10.1. The summed E-state index contributed by atoms with van der Waals surface area (Å²) in [6.07, 6.45) is 2.53. The number of ether oxygens (including phenoxy) is 1. The Kier molecular flexibility index (Phi) is 7.61. The molecule has 27 heavy (non-hydrogen) atoms. The van der Waals surface area contributed by atoms with Crippen LogP contribution in [0, 0.1) is 5.92 Å². The maximum absolute atomic E-state index is 12.1. The van der Waals surface area contributed by atoms with Gasteiger partial charge in [-0.2, -0.15) is 0 Å². The molecule has 2 amide bonds. The molecule has 0 bridgehead atoms. The number of nitrogens with one attached hydrogen (secondary N) is 1. The fourth-order valence-electron chi connectivity index (χ4n) is 2.24. The molecule has 1 heterocycles. The average molecular weight is 390 g/mol. The number of anilines is 1. The maximum Gasteiger partial charge on any atom is 0.313 e. The zero-order chi connectivity index (χ0) is 19.8. The monoisotopic (exact) mass is 389 g/mol. The van der Waals surface area contributed by atoms with E-state index >= 15 is 0 Å². The number of amides is 2. The summed E-state index contributed by atoms with van der Waals surface area (Å²) in [7, 11) is 1.62. The second-order valence-corrected chi connectivity index (χ2v) is 7.03. The Morgan fingerprint density at radius 2 is 2.04 bits per heavy atom. The molecule has 0 unspecified atom stereocenters. The van der Waals surface area contributed by atoms with E-state index in [4.69, 9.17) is 16.3 Å². The number of pyridine rings is 1. The van der Waals surface area contributed by atoms with Gasteiger partial charge >= 0.3 is 11.8 Å². The molecule has 1 aromatic carbocycles. The molecule has 0 saturated carbocycles. The van der Waals surface area contributed by atoms with Gasteiger partial charge in [0.1, 0.15) is 12.4 Å². The molecule has 144 valence electrons. The van der Waals surface area contributed by atoms with Crippen LogP contribution in [0.1, 0.15) is 26.0 Å². The van der Waals surface area contributed by atoms with Gasteiger partial charge in [-0.3, -0.25) is 14.6 Å². The molecule has 1 aromatic heterocycles. The van der Waals surface area contributed by atoms with Gasteiger partial charge in [-0.1, -0.05) is 31.5 Å². The number of carbonyl (C=O) groups is 2. The van der Waals surface area contributed by atoms with Crippen LogP contribution in [0.25, 0.3) is 0 Å². The lowest BCUT2D eigenvalue weighted by Gasteiger charge is -2.18. The van der Waals surface area contributed by atoms with Gasteiger partial charge in [0.05, 0.1) is 10.7 Å². The maximum atomic E-state index is 12.1. The minimum absolute atomic E-state index is 0.283. The van der Waals surface area contributed by atoms with E-state index in [1.54, 1.807) is 31.4 Å². The van der Waals surface area contributed by atoms with Crippen LogP contribution in [0.4, 0.5) is 5.69 Å². The Balaban J connectivity index is 1.92. The Morgan fingerprint density at radius 3 is 2.67 bits per heavy atom. The number of rotatable bonds is 7. The van der Waals surface area contributed by atoms with Gasteiger partial charge in [0.2, 0.25) is 0 Å². The topological polar surface area (TPSA) is 71.5 Å². The van der Waals surface area contributed by atoms with Gasteiger partial charge in [0.15, 0.2) is 0 Å². The first kappa shape index (κ1) is 20.7. The molecule has 2 aromatic rings. The van der Waals surface area contributed by atoms with Gasteiger partial charge in [-0.15, -0.1) is 0 Å². The van der Waals surface area contributed by atoms with Crippen LogP contribution < -0.4 is 10.1 Å². The van der Waals surface area contributed by atoms with Crippen molar-refractivity contribution < 1.29 is 14.3 Å². The smallest absolute Gasteiger partial charge is 0.313 e. The van der Waals surface area contributed by atoms with Crippen LogP contribution in [0.5, 0.6) is 5.75 Å². The van der Waals surface area contributed by atoms with Gasteiger partial charge in [-0.25, -0.2) is 0 Å². The van der Waals surface area contributed by atoms with Crippen molar-refractivity contribution in [3.8, 4) is 5.75 Å². The van der Waals surface area contributed by atoms with Gasteiger partial charge in [0.25, 0.3) is 0 Å². The van der Waals surface area contributed by atoms with Crippen LogP contribution in [0.2, 0.25) is 5.02 Å². The summed E-state index contributed by atoms with van der Waals surface area (Å²) in [5.74, 6) is -0.344. The van der Waals surface area contributed by atoms with Crippen molar-refractivity contribution in [2.24, 2.45) is 5.92 Å². The van der Waals surface area contributed by atoms with Crippen LogP contribution in [0.15, 0.2) is 42.6 Å². The Morgan fingerprint density at radius 1 is 1.26 bits per heavy atom. The van der Waals surface area contributed by atoms with E-state index in [0.29, 0.717) is 28.9 Å². The Bertz CT molecular complexity index is 781. The molecular formula is C20H24ClN3O3. The van der Waals surface area contributed by atoms with Gasteiger partial charge < -0.3 is 15.0 Å². The molecule has 0 aliphatic heterocycles. The van der Waals surface area contributed by atoms with E-state index in [2.05, 4.69) is 24.1 Å². The SMILES string of the molecule is CC(C)CCN(C)C(=O)C(=O)Nc1ccc(OCc2ccccn2)c(Cl)c1. The van der Waals surface area contributed by atoms with E-state index in [0.717, 1.165) is 12.1 Å². The Hall–Kier alpha value is -2.60. The summed E-state index contributed by atoms with van der Waals surface area (Å²) in [6.45, 7) is 4.95. The molecule has 1 N–H and O–H groups in total. The van der Waals surface area contributed by atoms with Crippen molar-refractivity contribution in [3.63, 3.8) is 0 Å². The number of halogens is 1. The third-order valence-electron chi connectivity index (χ3n) is 3.87. The number of hydrogen-bond donors (Lipinski definition) is 1. The standard InChI is InChI=1S/C20H24ClN3O3/c1-14(2)9-11-24(3)20(26)19(25)23-15-7-8-18(17(21)12-15)27-13-16-6-4-5-10-22-16/h4-8,10,12,14H,9,11,13H2,1-3H3,(H,23,25). The average Bonchev–Trinajstić information content (AvgIpc) is 2.65. The molecule has 0 spiro atoms. The molecule has 2 rings (SSSR count). The normalized spacial score (nSPS) is 10.6. The third-order valence-corrected chi connectivity index (χ3v) is 4.17. The predicted octanol–water partition coefficient (Wildman–Crippen LogP) is 3.76. The zero-order valence-electron chi connectivity index (χ0n) is 15.7. The fraction of sp³-hybridized carbons (Fsp3) is 0.350. The first-order chi connectivity index (χ1) is 12.9. The minimum Gasteiger partial charge on any atom is -0.486 e. The van der Waals surface area contributed by atoms with Crippen molar-refractivity contribution in [1.29, 1.82) is 0 Å². The third kappa shape index (κ3) is 6.57.